The Bertz CT molecular complexity index is 383. The number of ether oxygens (including phenoxy) is 1. The molecule has 0 radical (unpaired) electrons. The van der Waals surface area contributed by atoms with Crippen LogP contribution >= 0.6 is 11.8 Å². The molecule has 1 aromatic rings. The van der Waals surface area contributed by atoms with Crippen molar-refractivity contribution in [3.8, 4) is 0 Å². The van der Waals surface area contributed by atoms with Crippen LogP contribution in [0.25, 0.3) is 0 Å². The normalized spacial score (nSPS) is 14.1. The number of aryl methyl sites for hydroxylation is 1. The minimum Gasteiger partial charge on any atom is -0.468 e. The van der Waals surface area contributed by atoms with E-state index in [1.54, 1.807) is 26.4 Å². The second-order valence-electron chi connectivity index (χ2n) is 3.91. The van der Waals surface area contributed by atoms with Crippen molar-refractivity contribution in [2.75, 3.05) is 19.9 Å². The van der Waals surface area contributed by atoms with E-state index >= 15 is 0 Å². The first-order valence-electron chi connectivity index (χ1n) is 5.20. The molecule has 0 aliphatic carbocycles. The number of carbonyl (C=O) groups is 1. The van der Waals surface area contributed by atoms with E-state index in [-0.39, 0.29) is 5.97 Å². The van der Waals surface area contributed by atoms with Gasteiger partial charge in [0.1, 0.15) is 5.54 Å². The van der Waals surface area contributed by atoms with Gasteiger partial charge in [-0.15, -0.1) is 0 Å². The van der Waals surface area contributed by atoms with Gasteiger partial charge in [0.2, 0.25) is 0 Å². The van der Waals surface area contributed by atoms with Gasteiger partial charge in [-0.25, -0.2) is 9.97 Å². The number of thioether (sulfide) groups is 1. The molecule has 1 unspecified atom stereocenters. The zero-order valence-corrected chi connectivity index (χ0v) is 11.3. The fourth-order valence-electron chi connectivity index (χ4n) is 1.12. The summed E-state index contributed by atoms with van der Waals surface area (Å²) in [6.07, 6.45) is 3.51. The van der Waals surface area contributed by atoms with Crippen LogP contribution in [0.1, 0.15) is 12.5 Å². The molecule has 0 bridgehead atoms. The smallest absolute Gasteiger partial charge is 0.326 e. The summed E-state index contributed by atoms with van der Waals surface area (Å²) in [5.74, 6) is 0.221. The maximum Gasteiger partial charge on any atom is 0.326 e. The van der Waals surface area contributed by atoms with Crippen LogP contribution in [0.3, 0.4) is 0 Å². The topological polar surface area (TPSA) is 64.1 Å². The summed E-state index contributed by atoms with van der Waals surface area (Å²) in [6.45, 7) is 3.72. The number of nitrogens with one attached hydrogen (secondary N) is 1. The van der Waals surface area contributed by atoms with Gasteiger partial charge in [-0.1, -0.05) is 11.8 Å². The highest BCUT2D eigenvalue weighted by Gasteiger charge is 2.32. The second-order valence-corrected chi connectivity index (χ2v) is 4.85. The molecule has 6 heteroatoms. The molecular weight excluding hydrogens is 238 g/mol. The fourth-order valence-corrected chi connectivity index (χ4v) is 2.06. The predicted molar refractivity (Wildman–Crippen MR) is 67.0 cm³/mol. The molecule has 1 atom stereocenters. The van der Waals surface area contributed by atoms with Crippen LogP contribution in [-0.2, 0) is 9.53 Å². The lowest BCUT2D eigenvalue weighted by molar-refractivity contribution is -0.146. The monoisotopic (exact) mass is 255 g/mol. The predicted octanol–water partition coefficient (Wildman–Crippen LogP) is 1.03. The van der Waals surface area contributed by atoms with Crippen molar-refractivity contribution >= 4 is 17.7 Å². The van der Waals surface area contributed by atoms with Crippen molar-refractivity contribution in [3.63, 3.8) is 0 Å². The molecule has 1 aromatic heterocycles. The lowest BCUT2D eigenvalue weighted by Gasteiger charge is -2.25. The number of methoxy groups -OCH3 is 1. The highest BCUT2D eigenvalue weighted by atomic mass is 32.2. The van der Waals surface area contributed by atoms with Crippen LogP contribution in [0.15, 0.2) is 17.6 Å². The largest absolute Gasteiger partial charge is 0.468 e. The molecule has 0 aliphatic rings. The Morgan fingerprint density at radius 3 is 2.59 bits per heavy atom. The molecule has 5 nitrogen and oxygen atoms in total. The van der Waals surface area contributed by atoms with Gasteiger partial charge in [0.15, 0.2) is 5.16 Å². The van der Waals surface area contributed by atoms with E-state index < -0.39 is 5.54 Å². The van der Waals surface area contributed by atoms with Crippen molar-refractivity contribution in [3.05, 3.63) is 18.0 Å². The lowest BCUT2D eigenvalue weighted by atomic mass is 10.1. The minimum absolute atomic E-state index is 0.292. The van der Waals surface area contributed by atoms with Gasteiger partial charge in [0, 0.05) is 18.1 Å². The number of nitrogens with zero attached hydrogens (tertiary/aromatic N) is 2. The van der Waals surface area contributed by atoms with Crippen molar-refractivity contribution in [2.45, 2.75) is 24.5 Å². The van der Waals surface area contributed by atoms with Gasteiger partial charge in [-0.3, -0.25) is 4.79 Å². The average molecular weight is 255 g/mol. The van der Waals surface area contributed by atoms with Crippen molar-refractivity contribution < 1.29 is 9.53 Å². The van der Waals surface area contributed by atoms with Gasteiger partial charge in [-0.2, -0.15) is 0 Å². The number of aromatic nitrogens is 2. The Balaban J connectivity index is 2.65. The molecule has 0 saturated carbocycles. The third-order valence-corrected chi connectivity index (χ3v) is 3.63. The summed E-state index contributed by atoms with van der Waals surface area (Å²) < 4.78 is 4.76. The first-order valence-corrected chi connectivity index (χ1v) is 6.19. The summed E-state index contributed by atoms with van der Waals surface area (Å²) in [6, 6.07) is 0. The maximum atomic E-state index is 11.6. The van der Waals surface area contributed by atoms with E-state index in [1.165, 1.54) is 18.9 Å². The molecule has 0 aliphatic heterocycles. The zero-order chi connectivity index (χ0) is 12.9. The average Bonchev–Trinajstić information content (AvgIpc) is 2.36. The van der Waals surface area contributed by atoms with E-state index in [2.05, 4.69) is 15.3 Å². The molecule has 0 saturated heterocycles. The van der Waals surface area contributed by atoms with Crippen LogP contribution < -0.4 is 5.32 Å². The number of carbonyl (C=O) groups excluding carboxylic acids is 1. The van der Waals surface area contributed by atoms with Crippen LogP contribution in [0.5, 0.6) is 0 Å². The van der Waals surface area contributed by atoms with Crippen LogP contribution in [0.4, 0.5) is 0 Å². The SMILES string of the molecule is CNC(C)(CSc1ncc(C)cn1)C(=O)OC. The van der Waals surface area contributed by atoms with Gasteiger partial charge in [-0.05, 0) is 26.5 Å². The molecule has 17 heavy (non-hydrogen) atoms. The highest BCUT2D eigenvalue weighted by molar-refractivity contribution is 7.99. The molecule has 1 heterocycles. The molecule has 1 rings (SSSR count). The van der Waals surface area contributed by atoms with Crippen LogP contribution in [0, 0.1) is 6.92 Å². The summed E-state index contributed by atoms with van der Waals surface area (Å²) >= 11 is 1.42. The van der Waals surface area contributed by atoms with E-state index in [0.29, 0.717) is 10.9 Å². The molecule has 1 N–H and O–H groups in total. The Kier molecular flexibility index (Phi) is 4.89. The second kappa shape index (κ2) is 5.97. The van der Waals surface area contributed by atoms with Crippen LogP contribution in [-0.4, -0.2) is 41.4 Å². The maximum absolute atomic E-state index is 11.6. The Morgan fingerprint density at radius 1 is 1.53 bits per heavy atom. The van der Waals surface area contributed by atoms with Gasteiger partial charge >= 0.3 is 5.97 Å². The number of hydrogen-bond donors (Lipinski definition) is 1. The highest BCUT2D eigenvalue weighted by Crippen LogP contribution is 2.19. The zero-order valence-electron chi connectivity index (χ0n) is 10.5. The van der Waals surface area contributed by atoms with E-state index in [9.17, 15) is 4.79 Å². The Morgan fingerprint density at radius 2 is 2.12 bits per heavy atom. The third-order valence-electron chi connectivity index (χ3n) is 2.43. The molecule has 0 spiro atoms. The molecule has 0 amide bonds. The van der Waals surface area contributed by atoms with E-state index in [4.69, 9.17) is 4.74 Å². The van der Waals surface area contributed by atoms with Gasteiger partial charge in [0.25, 0.3) is 0 Å². The number of rotatable bonds is 5. The Hall–Kier alpha value is -1.14. The van der Waals surface area contributed by atoms with Crippen molar-refractivity contribution in [1.82, 2.24) is 15.3 Å². The lowest BCUT2D eigenvalue weighted by Crippen LogP contribution is -2.50. The van der Waals surface area contributed by atoms with Gasteiger partial charge < -0.3 is 10.1 Å². The van der Waals surface area contributed by atoms with Crippen LogP contribution in [0.2, 0.25) is 0 Å². The van der Waals surface area contributed by atoms with E-state index in [1.807, 2.05) is 6.92 Å². The standard InChI is InChI=1S/C11H17N3O2S/c1-8-5-13-10(14-6-8)17-7-11(2,12-3)9(15)16-4/h5-6,12H,7H2,1-4H3. The van der Waals surface area contributed by atoms with E-state index in [0.717, 1.165) is 5.56 Å². The summed E-state index contributed by atoms with van der Waals surface area (Å²) in [5.41, 5.74) is 0.284. The van der Waals surface area contributed by atoms with Crippen molar-refractivity contribution in [2.24, 2.45) is 0 Å². The fraction of sp³-hybridized carbons (Fsp3) is 0.545. The summed E-state index contributed by atoms with van der Waals surface area (Å²) in [5, 5.41) is 3.61. The van der Waals surface area contributed by atoms with Crippen molar-refractivity contribution in [1.29, 1.82) is 0 Å². The number of esters is 1. The number of likely N-dealkylation sites (N-methyl/N-ethyl adjacent to an activating group) is 1. The first-order chi connectivity index (χ1) is 8.01. The Labute approximate surface area is 105 Å². The molecular formula is C11H17N3O2S. The minimum atomic E-state index is -0.729. The molecule has 0 fully saturated rings. The summed E-state index contributed by atoms with van der Waals surface area (Å²) in [4.78, 5) is 19.9. The quantitative estimate of drug-likeness (QED) is 0.481. The first kappa shape index (κ1) is 13.9. The number of hydrogen-bond acceptors (Lipinski definition) is 6. The van der Waals surface area contributed by atoms with Gasteiger partial charge in [0.05, 0.1) is 7.11 Å². The molecule has 0 aromatic carbocycles. The third kappa shape index (κ3) is 3.67. The summed E-state index contributed by atoms with van der Waals surface area (Å²) in [7, 11) is 3.11. The molecule has 94 valence electrons.